The Hall–Kier alpha value is -2.04. The number of hydrogen-bond acceptors (Lipinski definition) is 5. The van der Waals surface area contributed by atoms with Crippen molar-refractivity contribution < 1.29 is 19.1 Å². The van der Waals surface area contributed by atoms with E-state index < -0.39 is 17.1 Å². The number of thioether (sulfide) groups is 1. The summed E-state index contributed by atoms with van der Waals surface area (Å²) in [6.07, 6.45) is 6.89. The molecule has 0 unspecified atom stereocenters. The van der Waals surface area contributed by atoms with Crippen molar-refractivity contribution in [1.82, 2.24) is 4.90 Å². The fourth-order valence-electron chi connectivity index (χ4n) is 2.91. The molecule has 32 heavy (non-hydrogen) atoms. The van der Waals surface area contributed by atoms with E-state index in [2.05, 4.69) is 56.4 Å². The number of carbonyl (C=O) groups excluding carboxylic acids is 3. The van der Waals surface area contributed by atoms with Crippen molar-refractivity contribution in [3.05, 3.63) is 59.1 Å². The Morgan fingerprint density at radius 2 is 1.91 bits per heavy atom. The number of terminal acetylenes is 1. The number of ether oxygens (including phenoxy) is 1. The standard InChI is InChI=1S/C23H18I2N2O4S/c1-4-7-31-21-16(24)9-15(10-17(21)25)11-19-22(29)27(23(30)32-19)12-20(28)26-18-8-13(2)5-6-14(18)3/h1,5-6,8-11H,7,12H2,2-3H3,(H,26,28)/b19-11-. The summed E-state index contributed by atoms with van der Waals surface area (Å²) in [5.41, 5.74) is 3.31. The van der Waals surface area contributed by atoms with Crippen molar-refractivity contribution in [2.75, 3.05) is 18.5 Å². The molecule has 0 radical (unpaired) electrons. The molecule has 3 rings (SSSR count). The third-order valence-corrected chi connectivity index (χ3v) is 6.97. The smallest absolute Gasteiger partial charge is 0.294 e. The van der Waals surface area contributed by atoms with Crippen molar-refractivity contribution in [1.29, 1.82) is 0 Å². The van der Waals surface area contributed by atoms with Gasteiger partial charge in [-0.05, 0) is 112 Å². The van der Waals surface area contributed by atoms with E-state index in [0.717, 1.165) is 40.5 Å². The van der Waals surface area contributed by atoms with Gasteiger partial charge in [-0.25, -0.2) is 0 Å². The Bertz CT molecular complexity index is 1160. The molecule has 164 valence electrons. The van der Waals surface area contributed by atoms with Crippen molar-refractivity contribution >= 4 is 85.8 Å². The summed E-state index contributed by atoms with van der Waals surface area (Å²) in [6, 6.07) is 9.38. The predicted molar refractivity (Wildman–Crippen MR) is 143 cm³/mol. The third-order valence-electron chi connectivity index (χ3n) is 4.46. The molecule has 2 aromatic rings. The van der Waals surface area contributed by atoms with Crippen LogP contribution in [-0.2, 0) is 9.59 Å². The number of benzene rings is 2. The second kappa shape index (κ2) is 10.7. The zero-order chi connectivity index (χ0) is 23.4. The second-order valence-electron chi connectivity index (χ2n) is 6.94. The molecule has 0 saturated carbocycles. The lowest BCUT2D eigenvalue weighted by Crippen LogP contribution is -2.36. The fourth-order valence-corrected chi connectivity index (χ4v) is 5.87. The molecule has 3 amide bonds. The molecule has 0 bridgehead atoms. The Balaban J connectivity index is 1.74. The Morgan fingerprint density at radius 3 is 2.56 bits per heavy atom. The van der Waals surface area contributed by atoms with E-state index in [1.54, 1.807) is 6.08 Å². The van der Waals surface area contributed by atoms with E-state index in [4.69, 9.17) is 11.2 Å². The number of hydrogen-bond donors (Lipinski definition) is 1. The van der Waals surface area contributed by atoms with Gasteiger partial charge in [-0.1, -0.05) is 18.1 Å². The van der Waals surface area contributed by atoms with Gasteiger partial charge >= 0.3 is 0 Å². The highest BCUT2D eigenvalue weighted by Crippen LogP contribution is 2.34. The topological polar surface area (TPSA) is 75.7 Å². The third kappa shape index (κ3) is 5.85. The van der Waals surface area contributed by atoms with Crippen LogP contribution >= 0.6 is 56.9 Å². The SMILES string of the molecule is C#CCOc1c(I)cc(/C=C2\SC(=O)N(CC(=O)Nc3cc(C)ccc3C)C2=O)cc1I. The quantitative estimate of drug-likeness (QED) is 0.260. The Kier molecular flexibility index (Phi) is 8.24. The minimum atomic E-state index is -0.492. The monoisotopic (exact) mass is 672 g/mol. The zero-order valence-electron chi connectivity index (χ0n) is 17.2. The predicted octanol–water partition coefficient (Wildman–Crippen LogP) is 5.20. The molecule has 0 aromatic heterocycles. The summed E-state index contributed by atoms with van der Waals surface area (Å²) in [5.74, 6) is 2.19. The van der Waals surface area contributed by atoms with Gasteiger partial charge < -0.3 is 10.1 Å². The van der Waals surface area contributed by atoms with E-state index in [9.17, 15) is 14.4 Å². The van der Waals surface area contributed by atoms with E-state index in [1.165, 1.54) is 0 Å². The zero-order valence-corrected chi connectivity index (χ0v) is 22.3. The van der Waals surface area contributed by atoms with Gasteiger partial charge in [-0.2, -0.15) is 0 Å². The van der Waals surface area contributed by atoms with Crippen molar-refractivity contribution in [2.45, 2.75) is 13.8 Å². The number of anilines is 1. The lowest BCUT2D eigenvalue weighted by Gasteiger charge is -2.14. The van der Waals surface area contributed by atoms with Gasteiger partial charge in [0.25, 0.3) is 11.1 Å². The number of imide groups is 1. The van der Waals surface area contributed by atoms with E-state index in [1.807, 2.05) is 44.2 Å². The summed E-state index contributed by atoms with van der Waals surface area (Å²) in [4.78, 5) is 38.9. The molecule has 1 saturated heterocycles. The largest absolute Gasteiger partial charge is 0.479 e. The molecule has 9 heteroatoms. The first-order valence-electron chi connectivity index (χ1n) is 9.37. The summed E-state index contributed by atoms with van der Waals surface area (Å²) in [5, 5.41) is 2.30. The van der Waals surface area contributed by atoms with Crippen LogP contribution in [0.5, 0.6) is 5.75 Å². The van der Waals surface area contributed by atoms with Gasteiger partial charge in [0.05, 0.1) is 12.0 Å². The second-order valence-corrected chi connectivity index (χ2v) is 10.3. The molecule has 1 heterocycles. The Morgan fingerprint density at radius 1 is 1.22 bits per heavy atom. The first-order chi connectivity index (χ1) is 15.2. The molecule has 1 aliphatic rings. The molecular formula is C23H18I2N2O4S. The van der Waals surface area contributed by atoms with Gasteiger partial charge in [-0.3, -0.25) is 19.3 Å². The highest BCUT2D eigenvalue weighted by Gasteiger charge is 2.36. The van der Waals surface area contributed by atoms with Crippen LogP contribution < -0.4 is 10.1 Å². The maximum Gasteiger partial charge on any atom is 0.294 e. The van der Waals surface area contributed by atoms with Crippen LogP contribution in [0.4, 0.5) is 10.5 Å². The minimum absolute atomic E-state index is 0.161. The molecular weight excluding hydrogens is 654 g/mol. The van der Waals surface area contributed by atoms with Crippen molar-refractivity contribution in [2.24, 2.45) is 0 Å². The van der Waals surface area contributed by atoms with Crippen molar-refractivity contribution in [3.8, 4) is 18.1 Å². The number of aryl methyl sites for hydroxylation is 2. The number of nitrogens with zero attached hydrogens (tertiary/aromatic N) is 1. The van der Waals surface area contributed by atoms with Crippen LogP contribution in [0.25, 0.3) is 6.08 Å². The average molecular weight is 672 g/mol. The van der Waals surface area contributed by atoms with Gasteiger partial charge in [0.2, 0.25) is 5.91 Å². The lowest BCUT2D eigenvalue weighted by atomic mass is 10.1. The highest BCUT2D eigenvalue weighted by molar-refractivity contribution is 14.1. The maximum atomic E-state index is 12.8. The number of rotatable bonds is 6. The lowest BCUT2D eigenvalue weighted by molar-refractivity contribution is -0.127. The summed E-state index contributed by atoms with van der Waals surface area (Å²) in [7, 11) is 0. The van der Waals surface area contributed by atoms with Gasteiger partial charge in [0, 0.05) is 5.69 Å². The van der Waals surface area contributed by atoms with Crippen LogP contribution in [0, 0.1) is 33.3 Å². The van der Waals surface area contributed by atoms with Gasteiger partial charge in [0.15, 0.2) is 0 Å². The normalized spacial score (nSPS) is 14.6. The molecule has 0 spiro atoms. The Labute approximate surface area is 217 Å². The van der Waals surface area contributed by atoms with E-state index in [-0.39, 0.29) is 18.1 Å². The number of nitrogens with one attached hydrogen (secondary N) is 1. The van der Waals surface area contributed by atoms with Crippen LogP contribution in [0.15, 0.2) is 35.2 Å². The van der Waals surface area contributed by atoms with E-state index >= 15 is 0 Å². The molecule has 0 aliphatic carbocycles. The average Bonchev–Trinajstić information content (AvgIpc) is 2.97. The number of halogens is 2. The highest BCUT2D eigenvalue weighted by atomic mass is 127. The summed E-state index contributed by atoms with van der Waals surface area (Å²) in [6.45, 7) is 3.62. The van der Waals surface area contributed by atoms with Gasteiger partial charge in [-0.15, -0.1) is 6.42 Å². The molecule has 1 N–H and O–H groups in total. The van der Waals surface area contributed by atoms with Crippen LogP contribution in [0.3, 0.4) is 0 Å². The molecule has 1 aliphatic heterocycles. The maximum absolute atomic E-state index is 12.8. The molecule has 6 nitrogen and oxygen atoms in total. The summed E-state index contributed by atoms with van der Waals surface area (Å²) < 4.78 is 7.23. The molecule has 2 aromatic carbocycles. The first-order valence-corrected chi connectivity index (χ1v) is 12.3. The number of carbonyl (C=O) groups is 3. The van der Waals surface area contributed by atoms with Crippen molar-refractivity contribution in [3.63, 3.8) is 0 Å². The van der Waals surface area contributed by atoms with E-state index in [0.29, 0.717) is 11.4 Å². The van der Waals surface area contributed by atoms with Crippen LogP contribution in [-0.4, -0.2) is 35.1 Å². The fraction of sp³-hybridized carbons (Fsp3) is 0.174. The minimum Gasteiger partial charge on any atom is -0.479 e. The van der Waals surface area contributed by atoms with Gasteiger partial charge in [0.1, 0.15) is 18.9 Å². The summed E-state index contributed by atoms with van der Waals surface area (Å²) >= 11 is 5.08. The number of amides is 3. The molecule has 0 atom stereocenters. The first kappa shape index (κ1) is 24.6. The molecule has 1 fully saturated rings. The van der Waals surface area contributed by atoms with Crippen LogP contribution in [0.1, 0.15) is 16.7 Å². The van der Waals surface area contributed by atoms with Crippen LogP contribution in [0.2, 0.25) is 0 Å².